The Morgan fingerprint density at radius 3 is 2.50 bits per heavy atom. The number of benzene rings is 1. The van der Waals surface area contributed by atoms with Gasteiger partial charge in [-0.05, 0) is 44.0 Å². The van der Waals surface area contributed by atoms with E-state index in [-0.39, 0.29) is 17.4 Å². The molecule has 0 bridgehead atoms. The average molecular weight is 356 g/mol. The minimum atomic E-state index is -1.03. The third kappa shape index (κ3) is 3.05. The highest BCUT2D eigenvalue weighted by Crippen LogP contribution is 2.21. The summed E-state index contributed by atoms with van der Waals surface area (Å²) >= 11 is 0. The summed E-state index contributed by atoms with van der Waals surface area (Å²) in [5.41, 5.74) is 1.79. The topological polar surface area (TPSA) is 105 Å². The lowest BCUT2D eigenvalue weighted by Crippen LogP contribution is -2.44. The second-order valence-electron chi connectivity index (χ2n) is 6.18. The lowest BCUT2D eigenvalue weighted by molar-refractivity contribution is -0.124. The summed E-state index contributed by atoms with van der Waals surface area (Å²) in [7, 11) is 1.57. The molecule has 26 heavy (non-hydrogen) atoms. The molecule has 2 amide bonds. The fourth-order valence-corrected chi connectivity index (χ4v) is 3.24. The van der Waals surface area contributed by atoms with E-state index in [1.54, 1.807) is 43.1 Å². The van der Waals surface area contributed by atoms with E-state index in [0.717, 1.165) is 6.42 Å². The molecule has 2 heterocycles. The highest BCUT2D eigenvalue weighted by Gasteiger charge is 2.33. The van der Waals surface area contributed by atoms with E-state index in [2.05, 4.69) is 10.4 Å². The molecule has 2 aromatic rings. The van der Waals surface area contributed by atoms with Gasteiger partial charge < -0.3 is 15.3 Å². The number of carbonyl (C=O) groups excluding carboxylic acids is 2. The van der Waals surface area contributed by atoms with Crippen LogP contribution in [0.15, 0.2) is 30.5 Å². The van der Waals surface area contributed by atoms with Crippen LogP contribution in [0.4, 0.5) is 0 Å². The highest BCUT2D eigenvalue weighted by atomic mass is 16.4. The molecule has 8 heteroatoms. The van der Waals surface area contributed by atoms with Crippen molar-refractivity contribution >= 4 is 17.8 Å². The Hall–Kier alpha value is -3.16. The van der Waals surface area contributed by atoms with E-state index < -0.39 is 12.0 Å². The molecule has 8 nitrogen and oxygen atoms in total. The molecule has 0 unspecified atom stereocenters. The molecular formula is C18H20N4O4. The minimum absolute atomic E-state index is 0.135. The molecule has 0 radical (unpaired) electrons. The van der Waals surface area contributed by atoms with Crippen LogP contribution in [-0.4, -0.2) is 57.2 Å². The number of hydrogen-bond donors (Lipinski definition) is 2. The predicted octanol–water partition coefficient (Wildman–Crippen LogP) is 1.23. The summed E-state index contributed by atoms with van der Waals surface area (Å²) in [6.45, 7) is 2.23. The number of likely N-dealkylation sites (N-methyl/N-ethyl adjacent to an activating group) is 1. The maximum absolute atomic E-state index is 12.7. The van der Waals surface area contributed by atoms with Crippen molar-refractivity contribution in [1.29, 1.82) is 0 Å². The Labute approximate surface area is 150 Å². The van der Waals surface area contributed by atoms with Crippen molar-refractivity contribution in [3.05, 3.63) is 47.3 Å². The van der Waals surface area contributed by atoms with Crippen molar-refractivity contribution in [2.24, 2.45) is 0 Å². The number of nitrogens with zero attached hydrogens (tertiary/aromatic N) is 3. The van der Waals surface area contributed by atoms with Gasteiger partial charge in [0.05, 0.1) is 17.6 Å². The lowest BCUT2D eigenvalue weighted by Gasteiger charge is -2.23. The number of amides is 2. The number of nitrogens with one attached hydrogen (secondary N) is 1. The first-order chi connectivity index (χ1) is 12.4. The van der Waals surface area contributed by atoms with E-state index in [1.165, 1.54) is 10.9 Å². The van der Waals surface area contributed by atoms with Crippen LogP contribution in [0.25, 0.3) is 5.69 Å². The molecule has 1 aliphatic heterocycles. The van der Waals surface area contributed by atoms with Crippen LogP contribution in [0.1, 0.15) is 39.3 Å². The van der Waals surface area contributed by atoms with Crippen molar-refractivity contribution in [1.82, 2.24) is 20.0 Å². The van der Waals surface area contributed by atoms with Crippen LogP contribution in [-0.2, 0) is 4.79 Å². The molecule has 1 aromatic heterocycles. The molecule has 1 fully saturated rings. The molecule has 1 aromatic carbocycles. The average Bonchev–Trinajstić information content (AvgIpc) is 3.27. The Morgan fingerprint density at radius 1 is 1.23 bits per heavy atom. The first kappa shape index (κ1) is 17.7. The van der Waals surface area contributed by atoms with E-state index in [1.807, 2.05) is 0 Å². The van der Waals surface area contributed by atoms with Gasteiger partial charge >= 0.3 is 5.97 Å². The summed E-state index contributed by atoms with van der Waals surface area (Å²) < 4.78 is 1.51. The molecule has 3 rings (SSSR count). The van der Waals surface area contributed by atoms with E-state index in [9.17, 15) is 14.4 Å². The standard InChI is InChI=1S/C18H20N4O4/c1-11-14(18(25)26)10-20-22(11)13-7-5-12(6-8-13)17(24)21-9-3-4-15(21)16(23)19-2/h5-8,10,15H,3-4,9H2,1-2H3,(H,19,23)(H,25,26)/t15-/m0/s1. The van der Waals surface area contributed by atoms with Gasteiger partial charge in [-0.1, -0.05) is 0 Å². The first-order valence-electron chi connectivity index (χ1n) is 8.35. The van der Waals surface area contributed by atoms with Gasteiger partial charge in [0.15, 0.2) is 0 Å². The zero-order chi connectivity index (χ0) is 18.8. The van der Waals surface area contributed by atoms with Crippen LogP contribution in [0.3, 0.4) is 0 Å². The van der Waals surface area contributed by atoms with Crippen LogP contribution in [0, 0.1) is 6.92 Å². The Bertz CT molecular complexity index is 857. The van der Waals surface area contributed by atoms with Gasteiger partial charge in [0.25, 0.3) is 5.91 Å². The molecule has 0 aliphatic carbocycles. The summed E-state index contributed by atoms with van der Waals surface area (Å²) in [6.07, 6.45) is 2.76. The van der Waals surface area contributed by atoms with Crippen molar-refractivity contribution in [3.63, 3.8) is 0 Å². The third-order valence-electron chi connectivity index (χ3n) is 4.66. The molecular weight excluding hydrogens is 336 g/mol. The Balaban J connectivity index is 1.82. The quantitative estimate of drug-likeness (QED) is 0.857. The van der Waals surface area contributed by atoms with Gasteiger partial charge in [0, 0.05) is 19.2 Å². The Kier molecular flexibility index (Phi) is 4.75. The smallest absolute Gasteiger partial charge is 0.339 e. The summed E-state index contributed by atoms with van der Waals surface area (Å²) in [5, 5.41) is 15.8. The van der Waals surface area contributed by atoms with Crippen molar-refractivity contribution in [2.45, 2.75) is 25.8 Å². The predicted molar refractivity (Wildman–Crippen MR) is 93.4 cm³/mol. The molecule has 0 saturated carbocycles. The van der Waals surface area contributed by atoms with Gasteiger partial charge in [0.2, 0.25) is 5.91 Å². The van der Waals surface area contributed by atoms with Crippen LogP contribution in [0.5, 0.6) is 0 Å². The van der Waals surface area contributed by atoms with Crippen LogP contribution < -0.4 is 5.32 Å². The normalized spacial score (nSPS) is 16.5. The van der Waals surface area contributed by atoms with E-state index in [4.69, 9.17) is 5.11 Å². The number of likely N-dealkylation sites (tertiary alicyclic amines) is 1. The number of carboxylic acids is 1. The van der Waals surface area contributed by atoms with Gasteiger partial charge in [0.1, 0.15) is 11.6 Å². The number of hydrogen-bond acceptors (Lipinski definition) is 4. The third-order valence-corrected chi connectivity index (χ3v) is 4.66. The second-order valence-corrected chi connectivity index (χ2v) is 6.18. The van der Waals surface area contributed by atoms with E-state index >= 15 is 0 Å². The summed E-state index contributed by atoms with van der Waals surface area (Å²) in [4.78, 5) is 37.4. The number of aromatic nitrogens is 2. The minimum Gasteiger partial charge on any atom is -0.478 e. The van der Waals surface area contributed by atoms with Crippen LogP contribution >= 0.6 is 0 Å². The van der Waals surface area contributed by atoms with E-state index in [0.29, 0.717) is 29.9 Å². The fraction of sp³-hybridized carbons (Fsp3) is 0.333. The maximum atomic E-state index is 12.7. The summed E-state index contributed by atoms with van der Waals surface area (Å²) in [5.74, 6) is -1.37. The number of carbonyl (C=O) groups is 3. The number of carboxylic acid groups (broad SMARTS) is 1. The van der Waals surface area contributed by atoms with Crippen molar-refractivity contribution in [2.75, 3.05) is 13.6 Å². The molecule has 1 saturated heterocycles. The van der Waals surface area contributed by atoms with Crippen molar-refractivity contribution < 1.29 is 19.5 Å². The maximum Gasteiger partial charge on any atom is 0.339 e. The van der Waals surface area contributed by atoms with Gasteiger partial charge in [-0.25, -0.2) is 9.48 Å². The van der Waals surface area contributed by atoms with Gasteiger partial charge in [-0.15, -0.1) is 0 Å². The zero-order valence-corrected chi connectivity index (χ0v) is 14.6. The molecule has 136 valence electrons. The molecule has 1 aliphatic rings. The Morgan fingerprint density at radius 2 is 1.92 bits per heavy atom. The fourth-order valence-electron chi connectivity index (χ4n) is 3.24. The monoisotopic (exact) mass is 356 g/mol. The molecule has 1 atom stereocenters. The zero-order valence-electron chi connectivity index (χ0n) is 14.6. The number of aromatic carboxylic acids is 1. The number of rotatable bonds is 4. The van der Waals surface area contributed by atoms with Crippen LogP contribution in [0.2, 0.25) is 0 Å². The first-order valence-corrected chi connectivity index (χ1v) is 8.35. The SMILES string of the molecule is CNC(=O)[C@@H]1CCCN1C(=O)c1ccc(-n2ncc(C(=O)O)c2C)cc1. The van der Waals surface area contributed by atoms with Gasteiger partial charge in [-0.3, -0.25) is 9.59 Å². The second kappa shape index (κ2) is 6.99. The summed E-state index contributed by atoms with van der Waals surface area (Å²) in [6, 6.07) is 6.32. The largest absolute Gasteiger partial charge is 0.478 e. The van der Waals surface area contributed by atoms with Gasteiger partial charge in [-0.2, -0.15) is 5.10 Å². The van der Waals surface area contributed by atoms with Crippen molar-refractivity contribution in [3.8, 4) is 5.69 Å². The molecule has 0 spiro atoms. The molecule has 2 N–H and O–H groups in total. The lowest BCUT2D eigenvalue weighted by atomic mass is 10.1. The highest BCUT2D eigenvalue weighted by molar-refractivity contribution is 5.98.